The molecule has 1 amide bonds. The molecule has 8 nitrogen and oxygen atoms in total. The lowest BCUT2D eigenvalue weighted by molar-refractivity contribution is -0.384. The molecule has 0 saturated carbocycles. The predicted molar refractivity (Wildman–Crippen MR) is 116 cm³/mol. The first-order valence-electron chi connectivity index (χ1n) is 9.47. The summed E-state index contributed by atoms with van der Waals surface area (Å²) in [6.07, 6.45) is -0.836. The number of aliphatic hydroxyl groups excluding tert-OH is 1. The highest BCUT2D eigenvalue weighted by Crippen LogP contribution is 2.24. The van der Waals surface area contributed by atoms with Crippen molar-refractivity contribution in [1.82, 2.24) is 5.32 Å². The van der Waals surface area contributed by atoms with Gasteiger partial charge in [-0.05, 0) is 29.7 Å². The van der Waals surface area contributed by atoms with Gasteiger partial charge in [0.05, 0.1) is 16.9 Å². The van der Waals surface area contributed by atoms with E-state index in [0.29, 0.717) is 6.42 Å². The second-order valence-corrected chi connectivity index (χ2v) is 7.81. The third kappa shape index (κ3) is 6.92. The van der Waals surface area contributed by atoms with E-state index in [9.17, 15) is 24.8 Å². The number of aliphatic hydroxyl groups is 1. The average molecular weight is 469 g/mol. The van der Waals surface area contributed by atoms with Gasteiger partial charge in [-0.2, -0.15) is 0 Å². The molecule has 0 spiro atoms. The number of amides is 1. The second-order valence-electron chi connectivity index (χ2n) is 6.71. The SMILES string of the molecule is CCC(C(=O)OCC(NC(=O)C(Cl)Cl)C(O)c1ccc([N+](=O)[O-])cc1)c1ccccc1. The second kappa shape index (κ2) is 11.6. The Hall–Kier alpha value is -2.68. The smallest absolute Gasteiger partial charge is 0.313 e. The summed E-state index contributed by atoms with van der Waals surface area (Å²) < 4.78 is 5.39. The number of benzene rings is 2. The summed E-state index contributed by atoms with van der Waals surface area (Å²) in [4.78, 5) is 33.5. The molecule has 0 fully saturated rings. The van der Waals surface area contributed by atoms with Gasteiger partial charge in [-0.15, -0.1) is 0 Å². The number of nitro benzene ring substituents is 1. The van der Waals surface area contributed by atoms with Crippen LogP contribution in [-0.2, 0) is 14.3 Å². The molecule has 2 N–H and O–H groups in total. The number of nitrogens with one attached hydrogen (secondary N) is 1. The van der Waals surface area contributed by atoms with Crippen LogP contribution < -0.4 is 5.32 Å². The van der Waals surface area contributed by atoms with E-state index in [4.69, 9.17) is 27.9 Å². The Morgan fingerprint density at radius 1 is 1.10 bits per heavy atom. The molecule has 0 aliphatic carbocycles. The quantitative estimate of drug-likeness (QED) is 0.237. The number of hydrogen-bond donors (Lipinski definition) is 2. The van der Waals surface area contributed by atoms with Crippen LogP contribution in [0, 0.1) is 10.1 Å². The number of ether oxygens (including phenoxy) is 1. The zero-order valence-electron chi connectivity index (χ0n) is 16.6. The molecular formula is C21H22Cl2N2O6. The van der Waals surface area contributed by atoms with Gasteiger partial charge in [-0.3, -0.25) is 19.7 Å². The number of esters is 1. The standard InChI is InChI=1S/C21H22Cl2N2O6/c1-2-16(13-6-4-3-5-7-13)21(28)31-12-17(24-20(27)19(22)23)18(26)14-8-10-15(11-9-14)25(29)30/h3-11,16-19,26H,2,12H2,1H3,(H,24,27). The van der Waals surface area contributed by atoms with Crippen LogP contribution in [0.4, 0.5) is 5.69 Å². The molecule has 3 atom stereocenters. The van der Waals surface area contributed by atoms with E-state index in [2.05, 4.69) is 5.32 Å². The van der Waals surface area contributed by atoms with Crippen molar-refractivity contribution in [2.75, 3.05) is 6.61 Å². The van der Waals surface area contributed by atoms with Crippen LogP contribution in [0.3, 0.4) is 0 Å². The molecule has 2 aromatic rings. The van der Waals surface area contributed by atoms with Crippen LogP contribution in [0.15, 0.2) is 54.6 Å². The highest BCUT2D eigenvalue weighted by molar-refractivity contribution is 6.53. The van der Waals surface area contributed by atoms with E-state index in [1.807, 2.05) is 37.3 Å². The normalized spacial score (nSPS) is 13.8. The molecule has 3 unspecified atom stereocenters. The summed E-state index contributed by atoms with van der Waals surface area (Å²) >= 11 is 11.2. The van der Waals surface area contributed by atoms with Gasteiger partial charge in [0.2, 0.25) is 0 Å². The van der Waals surface area contributed by atoms with E-state index in [-0.39, 0.29) is 17.9 Å². The van der Waals surface area contributed by atoms with Crippen LogP contribution in [0.1, 0.15) is 36.5 Å². The number of non-ortho nitro benzene ring substituents is 1. The third-order valence-electron chi connectivity index (χ3n) is 4.65. The van der Waals surface area contributed by atoms with E-state index in [1.165, 1.54) is 24.3 Å². The summed E-state index contributed by atoms with van der Waals surface area (Å²) in [5, 5.41) is 24.0. The van der Waals surface area contributed by atoms with Crippen LogP contribution in [0.2, 0.25) is 0 Å². The summed E-state index contributed by atoms with van der Waals surface area (Å²) in [6, 6.07) is 13.1. The minimum atomic E-state index is -1.39. The molecule has 0 bridgehead atoms. The summed E-state index contributed by atoms with van der Waals surface area (Å²) in [5.41, 5.74) is 0.911. The maximum atomic E-state index is 12.6. The fourth-order valence-corrected chi connectivity index (χ4v) is 3.11. The van der Waals surface area contributed by atoms with Crippen LogP contribution in [-0.4, -0.2) is 39.4 Å². The van der Waals surface area contributed by atoms with Crippen molar-refractivity contribution in [3.8, 4) is 0 Å². The van der Waals surface area contributed by atoms with Crippen molar-refractivity contribution in [2.45, 2.75) is 36.2 Å². The molecule has 0 heterocycles. The molecule has 0 aliphatic heterocycles. The van der Waals surface area contributed by atoms with Gasteiger partial charge < -0.3 is 15.2 Å². The average Bonchev–Trinajstić information content (AvgIpc) is 2.77. The van der Waals surface area contributed by atoms with Gasteiger partial charge in [0, 0.05) is 12.1 Å². The number of nitrogens with zero attached hydrogens (tertiary/aromatic N) is 1. The minimum absolute atomic E-state index is 0.154. The highest BCUT2D eigenvalue weighted by Gasteiger charge is 2.28. The number of carbonyl (C=O) groups excluding carboxylic acids is 2. The van der Waals surface area contributed by atoms with E-state index in [1.54, 1.807) is 0 Å². The van der Waals surface area contributed by atoms with E-state index >= 15 is 0 Å². The number of rotatable bonds is 10. The summed E-state index contributed by atoms with van der Waals surface area (Å²) in [6.45, 7) is 1.49. The molecule has 2 rings (SSSR count). The molecule has 166 valence electrons. The zero-order valence-corrected chi connectivity index (χ0v) is 18.1. The molecule has 0 radical (unpaired) electrons. The van der Waals surface area contributed by atoms with Crippen molar-refractivity contribution in [3.05, 3.63) is 75.8 Å². The van der Waals surface area contributed by atoms with Crippen molar-refractivity contribution in [3.63, 3.8) is 0 Å². The first-order chi connectivity index (χ1) is 14.7. The Bertz CT molecular complexity index is 893. The Morgan fingerprint density at radius 3 is 2.23 bits per heavy atom. The molecular weight excluding hydrogens is 447 g/mol. The van der Waals surface area contributed by atoms with Crippen LogP contribution >= 0.6 is 23.2 Å². The Kier molecular flexibility index (Phi) is 9.23. The van der Waals surface area contributed by atoms with Crippen molar-refractivity contribution in [2.24, 2.45) is 0 Å². The maximum Gasteiger partial charge on any atom is 0.313 e. The third-order valence-corrected chi connectivity index (χ3v) is 5.05. The lowest BCUT2D eigenvalue weighted by Crippen LogP contribution is -2.45. The Morgan fingerprint density at radius 2 is 1.71 bits per heavy atom. The highest BCUT2D eigenvalue weighted by atomic mass is 35.5. The molecule has 0 aromatic heterocycles. The largest absolute Gasteiger partial charge is 0.463 e. The van der Waals surface area contributed by atoms with Crippen LogP contribution in [0.25, 0.3) is 0 Å². The van der Waals surface area contributed by atoms with Gasteiger partial charge in [0.15, 0.2) is 4.84 Å². The first-order valence-corrected chi connectivity index (χ1v) is 10.3. The summed E-state index contributed by atoms with van der Waals surface area (Å²) in [5.74, 6) is -1.81. The number of nitro groups is 1. The van der Waals surface area contributed by atoms with Crippen LogP contribution in [0.5, 0.6) is 0 Å². The predicted octanol–water partition coefficient (Wildman–Crippen LogP) is 3.65. The summed E-state index contributed by atoms with van der Waals surface area (Å²) in [7, 11) is 0. The molecule has 10 heteroatoms. The molecule has 0 aliphatic rings. The minimum Gasteiger partial charge on any atom is -0.463 e. The Labute approximate surface area is 189 Å². The van der Waals surface area contributed by atoms with Gasteiger partial charge in [0.25, 0.3) is 11.6 Å². The first kappa shape index (κ1) is 24.6. The number of carbonyl (C=O) groups is 2. The lowest BCUT2D eigenvalue weighted by atomic mass is 9.97. The molecule has 31 heavy (non-hydrogen) atoms. The fourth-order valence-electron chi connectivity index (χ4n) is 2.98. The zero-order chi connectivity index (χ0) is 23.0. The van der Waals surface area contributed by atoms with Gasteiger partial charge in [0.1, 0.15) is 12.7 Å². The van der Waals surface area contributed by atoms with Gasteiger partial charge in [-0.1, -0.05) is 60.5 Å². The van der Waals surface area contributed by atoms with Crippen molar-refractivity contribution < 1.29 is 24.4 Å². The fraction of sp³-hybridized carbons (Fsp3) is 0.333. The van der Waals surface area contributed by atoms with E-state index in [0.717, 1.165) is 5.56 Å². The molecule has 0 saturated heterocycles. The van der Waals surface area contributed by atoms with Crippen molar-refractivity contribution in [1.29, 1.82) is 0 Å². The number of hydrogen-bond acceptors (Lipinski definition) is 6. The van der Waals surface area contributed by atoms with Gasteiger partial charge in [-0.25, -0.2) is 0 Å². The molecule has 2 aromatic carbocycles. The van der Waals surface area contributed by atoms with Gasteiger partial charge >= 0.3 is 5.97 Å². The van der Waals surface area contributed by atoms with E-state index < -0.39 is 39.7 Å². The topological polar surface area (TPSA) is 119 Å². The monoisotopic (exact) mass is 468 g/mol. The number of alkyl halides is 2. The lowest BCUT2D eigenvalue weighted by Gasteiger charge is -2.25. The maximum absolute atomic E-state index is 12.6. The Balaban J connectivity index is 2.16. The number of halogens is 2. The van der Waals surface area contributed by atoms with Crippen molar-refractivity contribution >= 4 is 40.8 Å².